The SMILES string of the molecule is COC(=O)C1=C(C(=O)OC)N(c2c(Br)cc(C(=O)O)c3c2CCCO3)C(N)=C(C#N)C1c1ccccc1. The molecule has 0 spiro atoms. The number of carbonyl (C=O) groups excluding carboxylic acids is 2. The second-order valence-electron chi connectivity index (χ2n) is 8.15. The smallest absolute Gasteiger partial charge is 0.355 e. The molecular weight excluding hydrogens is 546 g/mol. The Balaban J connectivity index is 2.14. The number of methoxy groups -OCH3 is 2. The van der Waals surface area contributed by atoms with Crippen molar-refractivity contribution in [1.29, 1.82) is 5.26 Å². The van der Waals surface area contributed by atoms with Crippen molar-refractivity contribution in [2.45, 2.75) is 18.8 Å². The van der Waals surface area contributed by atoms with Crippen LogP contribution in [0.15, 0.2) is 63.5 Å². The number of carbonyl (C=O) groups is 3. The van der Waals surface area contributed by atoms with Gasteiger partial charge in [0.2, 0.25) is 0 Å². The third-order valence-corrected chi connectivity index (χ3v) is 6.79. The van der Waals surface area contributed by atoms with Gasteiger partial charge in [-0.15, -0.1) is 0 Å². The van der Waals surface area contributed by atoms with Crippen LogP contribution < -0.4 is 15.4 Å². The second kappa shape index (κ2) is 10.4. The lowest BCUT2D eigenvalue weighted by Gasteiger charge is -2.38. The normalized spacial score (nSPS) is 16.9. The highest BCUT2D eigenvalue weighted by atomic mass is 79.9. The first-order chi connectivity index (χ1) is 17.8. The number of hydrogen-bond acceptors (Lipinski definition) is 9. The zero-order valence-electron chi connectivity index (χ0n) is 19.9. The van der Waals surface area contributed by atoms with Gasteiger partial charge in [-0.05, 0) is 40.4 Å². The Hall–Kier alpha value is -4.30. The number of allylic oxidation sites excluding steroid dienone is 1. The molecule has 11 heteroatoms. The summed E-state index contributed by atoms with van der Waals surface area (Å²) in [5.41, 5.74) is 7.35. The summed E-state index contributed by atoms with van der Waals surface area (Å²) >= 11 is 3.42. The van der Waals surface area contributed by atoms with E-state index >= 15 is 0 Å². The molecule has 0 aliphatic carbocycles. The highest BCUT2D eigenvalue weighted by Crippen LogP contribution is 2.49. The highest BCUT2D eigenvalue weighted by Gasteiger charge is 2.44. The van der Waals surface area contributed by atoms with Gasteiger partial charge in [0, 0.05) is 10.0 Å². The fourth-order valence-electron chi connectivity index (χ4n) is 4.64. The van der Waals surface area contributed by atoms with Crippen LogP contribution in [0.1, 0.15) is 33.8 Å². The number of esters is 2. The maximum Gasteiger partial charge on any atom is 0.355 e. The van der Waals surface area contributed by atoms with E-state index < -0.39 is 23.8 Å². The maximum absolute atomic E-state index is 13.3. The third kappa shape index (κ3) is 4.29. The molecule has 4 rings (SSSR count). The van der Waals surface area contributed by atoms with Crippen molar-refractivity contribution in [2.75, 3.05) is 25.7 Å². The van der Waals surface area contributed by atoms with Crippen LogP contribution in [-0.2, 0) is 25.5 Å². The number of aromatic carboxylic acids is 1. The average Bonchev–Trinajstić information content (AvgIpc) is 2.91. The lowest BCUT2D eigenvalue weighted by atomic mass is 9.80. The van der Waals surface area contributed by atoms with Crippen molar-refractivity contribution in [3.63, 3.8) is 0 Å². The number of nitrogens with zero attached hydrogens (tertiary/aromatic N) is 2. The zero-order chi connectivity index (χ0) is 26.9. The quantitative estimate of drug-likeness (QED) is 0.514. The Morgan fingerprint density at radius 1 is 1.19 bits per heavy atom. The molecule has 2 aliphatic rings. The van der Waals surface area contributed by atoms with E-state index in [9.17, 15) is 24.8 Å². The number of anilines is 1. The summed E-state index contributed by atoms with van der Waals surface area (Å²) in [7, 11) is 2.32. The van der Waals surface area contributed by atoms with Gasteiger partial charge < -0.3 is 25.1 Å². The lowest BCUT2D eigenvalue weighted by molar-refractivity contribution is -0.139. The fourth-order valence-corrected chi connectivity index (χ4v) is 5.29. The first-order valence-corrected chi connectivity index (χ1v) is 11.9. The van der Waals surface area contributed by atoms with Crippen molar-refractivity contribution in [3.8, 4) is 11.8 Å². The number of rotatable bonds is 5. The molecule has 37 heavy (non-hydrogen) atoms. The first-order valence-electron chi connectivity index (χ1n) is 11.1. The number of halogens is 1. The van der Waals surface area contributed by atoms with Crippen molar-refractivity contribution < 1.29 is 33.7 Å². The zero-order valence-corrected chi connectivity index (χ0v) is 21.5. The van der Waals surface area contributed by atoms with Gasteiger partial charge >= 0.3 is 17.9 Å². The fraction of sp³-hybridized carbons (Fsp3) is 0.231. The topological polar surface area (TPSA) is 152 Å². The van der Waals surface area contributed by atoms with Gasteiger partial charge in [0.1, 0.15) is 22.8 Å². The molecule has 0 aromatic heterocycles. The molecule has 0 saturated carbocycles. The van der Waals surface area contributed by atoms with Crippen LogP contribution in [0.5, 0.6) is 5.75 Å². The molecule has 0 bridgehead atoms. The lowest BCUT2D eigenvalue weighted by Crippen LogP contribution is -2.41. The largest absolute Gasteiger partial charge is 0.492 e. The number of carboxylic acids is 1. The molecule has 10 nitrogen and oxygen atoms in total. The molecular formula is C26H22BrN3O7. The van der Waals surface area contributed by atoms with E-state index in [1.165, 1.54) is 11.0 Å². The molecule has 2 heterocycles. The van der Waals surface area contributed by atoms with Gasteiger partial charge in [0.25, 0.3) is 0 Å². The summed E-state index contributed by atoms with van der Waals surface area (Å²) in [6.45, 7) is 0.298. The number of hydrogen-bond donors (Lipinski definition) is 2. The van der Waals surface area contributed by atoms with Crippen molar-refractivity contribution in [3.05, 3.63) is 80.2 Å². The predicted molar refractivity (Wildman–Crippen MR) is 134 cm³/mol. The number of nitrogens with two attached hydrogens (primary N) is 1. The number of carboxylic acid groups (broad SMARTS) is 1. The van der Waals surface area contributed by atoms with Gasteiger partial charge in [-0.3, -0.25) is 4.90 Å². The van der Waals surface area contributed by atoms with Gasteiger partial charge in [-0.2, -0.15) is 5.26 Å². The summed E-state index contributed by atoms with van der Waals surface area (Å²) in [6.07, 6.45) is 0.950. The maximum atomic E-state index is 13.3. The Bertz CT molecular complexity index is 1410. The number of fused-ring (bicyclic) bond motifs is 1. The molecule has 0 saturated heterocycles. The molecule has 2 aliphatic heterocycles. The number of nitriles is 1. The highest BCUT2D eigenvalue weighted by molar-refractivity contribution is 9.10. The summed E-state index contributed by atoms with van der Waals surface area (Å²) in [5.74, 6) is -3.98. The number of benzene rings is 2. The van der Waals surface area contributed by atoms with Gasteiger partial charge in [-0.1, -0.05) is 30.3 Å². The van der Waals surface area contributed by atoms with Crippen molar-refractivity contribution in [1.82, 2.24) is 0 Å². The summed E-state index contributed by atoms with van der Waals surface area (Å²) in [5, 5.41) is 20.0. The van der Waals surface area contributed by atoms with Crippen LogP contribution in [0.3, 0.4) is 0 Å². The van der Waals surface area contributed by atoms with Crippen LogP contribution in [0.4, 0.5) is 5.69 Å². The molecule has 0 fully saturated rings. The second-order valence-corrected chi connectivity index (χ2v) is 9.01. The molecule has 190 valence electrons. The minimum atomic E-state index is -1.20. The molecule has 1 atom stereocenters. The number of ether oxygens (including phenoxy) is 3. The summed E-state index contributed by atoms with van der Waals surface area (Å²) < 4.78 is 16.1. The Morgan fingerprint density at radius 3 is 2.46 bits per heavy atom. The molecule has 2 aromatic rings. The van der Waals surface area contributed by atoms with Crippen LogP contribution >= 0.6 is 15.9 Å². The van der Waals surface area contributed by atoms with E-state index in [2.05, 4.69) is 22.0 Å². The molecule has 0 radical (unpaired) electrons. The molecule has 1 unspecified atom stereocenters. The summed E-state index contributed by atoms with van der Waals surface area (Å²) in [4.78, 5) is 39.8. The molecule has 2 aromatic carbocycles. The van der Waals surface area contributed by atoms with Crippen LogP contribution in [0.25, 0.3) is 0 Å². The predicted octanol–water partition coefficient (Wildman–Crippen LogP) is 3.37. The molecule has 3 N–H and O–H groups in total. The minimum absolute atomic E-state index is 0.000980. The van der Waals surface area contributed by atoms with Crippen LogP contribution in [0.2, 0.25) is 0 Å². The van der Waals surface area contributed by atoms with E-state index in [0.717, 1.165) is 14.2 Å². The Kier molecular flexibility index (Phi) is 7.22. The first kappa shape index (κ1) is 25.8. The van der Waals surface area contributed by atoms with E-state index in [0.29, 0.717) is 30.6 Å². The Morgan fingerprint density at radius 2 is 1.86 bits per heavy atom. The van der Waals surface area contributed by atoms with E-state index in [4.69, 9.17) is 19.9 Å². The summed E-state index contributed by atoms with van der Waals surface area (Å²) in [6, 6.07) is 12.1. The van der Waals surface area contributed by atoms with Gasteiger partial charge in [0.05, 0.1) is 49.6 Å². The van der Waals surface area contributed by atoms with Gasteiger partial charge in [-0.25, -0.2) is 14.4 Å². The Labute approximate surface area is 220 Å². The third-order valence-electron chi connectivity index (χ3n) is 6.18. The van der Waals surface area contributed by atoms with Crippen molar-refractivity contribution in [2.24, 2.45) is 5.73 Å². The standard InChI is InChI=1S/C26H22BrN3O7/c1-35-25(33)19-18(13-7-4-3-5-8-13)16(12-28)23(29)30(21(19)26(34)36-2)20-14-9-6-10-37-22(14)15(24(31)32)11-17(20)27/h3-5,7-8,11,18H,6,9-10,29H2,1-2H3,(H,31,32). The van der Waals surface area contributed by atoms with Crippen LogP contribution in [-0.4, -0.2) is 43.8 Å². The monoisotopic (exact) mass is 567 g/mol. The van der Waals surface area contributed by atoms with Gasteiger partial charge in [0.15, 0.2) is 0 Å². The van der Waals surface area contributed by atoms with Crippen molar-refractivity contribution >= 4 is 39.5 Å². The van der Waals surface area contributed by atoms with E-state index in [1.54, 1.807) is 30.3 Å². The van der Waals surface area contributed by atoms with E-state index in [-0.39, 0.29) is 44.1 Å². The minimum Gasteiger partial charge on any atom is -0.492 e. The van der Waals surface area contributed by atoms with Crippen LogP contribution in [0, 0.1) is 11.3 Å². The molecule has 0 amide bonds. The average molecular weight is 568 g/mol. The van der Waals surface area contributed by atoms with E-state index in [1.807, 2.05) is 0 Å².